The van der Waals surface area contributed by atoms with Gasteiger partial charge in [0.1, 0.15) is 0 Å². The predicted octanol–water partition coefficient (Wildman–Crippen LogP) is 4.28. The average molecular weight is 339 g/mol. The molecule has 0 aliphatic rings. The van der Waals surface area contributed by atoms with Gasteiger partial charge in [0.25, 0.3) is 0 Å². The van der Waals surface area contributed by atoms with Crippen LogP contribution in [0.25, 0.3) is 0 Å². The van der Waals surface area contributed by atoms with Crippen molar-refractivity contribution in [3.63, 3.8) is 0 Å². The molecule has 0 aliphatic heterocycles. The molecule has 0 radical (unpaired) electrons. The molecule has 0 heterocycles. The topological polar surface area (TPSA) is 79.1 Å². The first kappa shape index (κ1) is 18.3. The molecule has 2 N–H and O–H groups in total. The summed E-state index contributed by atoms with van der Waals surface area (Å²) in [4.78, 5) is 15.6. The monoisotopic (exact) mass is 339 g/mol. The molecule has 0 amide bonds. The molecular formula is C20H21NO4. The van der Waals surface area contributed by atoms with E-state index >= 15 is 0 Å². The van der Waals surface area contributed by atoms with Crippen molar-refractivity contribution < 1.29 is 19.7 Å². The number of phenols is 1. The van der Waals surface area contributed by atoms with E-state index in [1.165, 1.54) is 0 Å². The zero-order valence-corrected chi connectivity index (χ0v) is 14.3. The summed E-state index contributed by atoms with van der Waals surface area (Å²) in [5.74, 6) is -0.492. The lowest BCUT2D eigenvalue weighted by Gasteiger charge is -2.11. The maximum absolute atomic E-state index is 11.2. The number of aromatic carboxylic acids is 1. The Balaban J connectivity index is 2.42. The quantitative estimate of drug-likeness (QED) is 0.583. The summed E-state index contributed by atoms with van der Waals surface area (Å²) in [6.07, 6.45) is 3.83. The number of ether oxygens (including phenoxy) is 1. The van der Waals surface area contributed by atoms with Crippen molar-refractivity contribution in [2.24, 2.45) is 4.99 Å². The Bertz CT molecular complexity index is 825. The minimum Gasteiger partial charge on any atom is -0.504 e. The number of aliphatic imine (C=N–C) groups is 1. The number of benzene rings is 2. The molecular weight excluding hydrogens is 318 g/mol. The summed E-state index contributed by atoms with van der Waals surface area (Å²) in [6, 6.07) is 8.47. The minimum atomic E-state index is -0.980. The van der Waals surface area contributed by atoms with Gasteiger partial charge in [-0.15, -0.1) is 6.58 Å². The molecule has 0 saturated heterocycles. The van der Waals surface area contributed by atoms with Crippen LogP contribution in [0.1, 0.15) is 34.0 Å². The zero-order valence-electron chi connectivity index (χ0n) is 14.3. The molecule has 0 fully saturated rings. The van der Waals surface area contributed by atoms with Gasteiger partial charge in [0.05, 0.1) is 17.9 Å². The van der Waals surface area contributed by atoms with Crippen molar-refractivity contribution in [2.75, 3.05) is 6.61 Å². The van der Waals surface area contributed by atoms with Crippen LogP contribution in [0.4, 0.5) is 5.69 Å². The van der Waals surface area contributed by atoms with E-state index < -0.39 is 5.97 Å². The Hall–Kier alpha value is -3.08. The van der Waals surface area contributed by atoms with Crippen LogP contribution in [0.2, 0.25) is 0 Å². The predicted molar refractivity (Wildman–Crippen MR) is 98.6 cm³/mol. The summed E-state index contributed by atoms with van der Waals surface area (Å²) in [5, 5.41) is 19.4. The highest BCUT2D eigenvalue weighted by molar-refractivity contribution is 5.92. The Morgan fingerprint density at radius 3 is 2.76 bits per heavy atom. The standard InChI is InChI=1S/C20H21NO4/c1-4-7-15-10-14(11-18(19(15)22)25-5-2)12-21-17-9-6-8-16(13(17)3)20(23)24/h4,6,8-12,22H,1,5,7H2,2-3H3,(H,23,24). The lowest BCUT2D eigenvalue weighted by molar-refractivity contribution is 0.0696. The number of rotatable bonds is 7. The first-order chi connectivity index (χ1) is 12.0. The van der Waals surface area contributed by atoms with Crippen molar-refractivity contribution in [1.82, 2.24) is 0 Å². The highest BCUT2D eigenvalue weighted by Crippen LogP contribution is 2.32. The van der Waals surface area contributed by atoms with E-state index in [0.717, 1.165) is 5.56 Å². The molecule has 2 aromatic carbocycles. The van der Waals surface area contributed by atoms with Gasteiger partial charge >= 0.3 is 5.97 Å². The number of carboxylic acids is 1. The van der Waals surface area contributed by atoms with E-state index in [4.69, 9.17) is 4.74 Å². The van der Waals surface area contributed by atoms with Crippen molar-refractivity contribution in [2.45, 2.75) is 20.3 Å². The van der Waals surface area contributed by atoms with Gasteiger partial charge in [0.2, 0.25) is 0 Å². The number of allylic oxidation sites excluding steroid dienone is 1. The fourth-order valence-corrected chi connectivity index (χ4v) is 2.48. The number of phenolic OH excluding ortho intramolecular Hbond substituents is 1. The SMILES string of the molecule is C=CCc1cc(C=Nc2cccc(C(=O)O)c2C)cc(OCC)c1O. The molecule has 0 unspecified atom stereocenters. The minimum absolute atomic E-state index is 0.1000. The van der Waals surface area contributed by atoms with Crippen LogP contribution in [0, 0.1) is 6.92 Å². The van der Waals surface area contributed by atoms with Crippen LogP contribution in [-0.2, 0) is 6.42 Å². The molecule has 130 valence electrons. The van der Waals surface area contributed by atoms with Gasteiger partial charge in [-0.05, 0) is 55.7 Å². The van der Waals surface area contributed by atoms with Gasteiger partial charge in [-0.2, -0.15) is 0 Å². The second kappa shape index (κ2) is 8.15. The van der Waals surface area contributed by atoms with Crippen LogP contribution >= 0.6 is 0 Å². The summed E-state index contributed by atoms with van der Waals surface area (Å²) in [5.41, 5.74) is 2.84. The highest BCUT2D eigenvalue weighted by atomic mass is 16.5. The number of hydrogen-bond donors (Lipinski definition) is 2. The van der Waals surface area contributed by atoms with Gasteiger partial charge in [0, 0.05) is 11.8 Å². The number of aromatic hydroxyl groups is 1. The first-order valence-corrected chi connectivity index (χ1v) is 7.94. The number of nitrogens with zero attached hydrogens (tertiary/aromatic N) is 1. The van der Waals surface area contributed by atoms with E-state index in [2.05, 4.69) is 11.6 Å². The average Bonchev–Trinajstić information content (AvgIpc) is 2.58. The van der Waals surface area contributed by atoms with E-state index in [1.54, 1.807) is 49.5 Å². The Morgan fingerprint density at radius 2 is 2.12 bits per heavy atom. The lowest BCUT2D eigenvalue weighted by Crippen LogP contribution is -1.99. The van der Waals surface area contributed by atoms with E-state index in [0.29, 0.717) is 35.6 Å². The molecule has 5 nitrogen and oxygen atoms in total. The van der Waals surface area contributed by atoms with Gasteiger partial charge in [0.15, 0.2) is 11.5 Å². The van der Waals surface area contributed by atoms with E-state index in [-0.39, 0.29) is 11.3 Å². The van der Waals surface area contributed by atoms with Crippen LogP contribution in [0.3, 0.4) is 0 Å². The summed E-state index contributed by atoms with van der Waals surface area (Å²) in [7, 11) is 0. The van der Waals surface area contributed by atoms with Crippen LogP contribution in [0.15, 0.2) is 48.0 Å². The van der Waals surface area contributed by atoms with Crippen molar-refractivity contribution in [3.05, 3.63) is 65.2 Å². The summed E-state index contributed by atoms with van der Waals surface area (Å²) >= 11 is 0. The molecule has 0 saturated carbocycles. The summed E-state index contributed by atoms with van der Waals surface area (Å²) < 4.78 is 5.47. The van der Waals surface area contributed by atoms with Gasteiger partial charge in [-0.3, -0.25) is 4.99 Å². The number of carboxylic acid groups (broad SMARTS) is 1. The molecule has 0 atom stereocenters. The molecule has 25 heavy (non-hydrogen) atoms. The van der Waals surface area contributed by atoms with Crippen LogP contribution in [0.5, 0.6) is 11.5 Å². The van der Waals surface area contributed by atoms with Crippen LogP contribution < -0.4 is 4.74 Å². The van der Waals surface area contributed by atoms with Crippen LogP contribution in [-0.4, -0.2) is 29.0 Å². The summed E-state index contributed by atoms with van der Waals surface area (Å²) in [6.45, 7) is 7.69. The maximum Gasteiger partial charge on any atom is 0.336 e. The second-order valence-electron chi connectivity index (χ2n) is 5.47. The van der Waals surface area contributed by atoms with Crippen molar-refractivity contribution in [3.8, 4) is 11.5 Å². The number of hydrogen-bond acceptors (Lipinski definition) is 4. The first-order valence-electron chi connectivity index (χ1n) is 7.94. The van der Waals surface area contributed by atoms with Gasteiger partial charge < -0.3 is 14.9 Å². The van der Waals surface area contributed by atoms with Crippen molar-refractivity contribution >= 4 is 17.9 Å². The maximum atomic E-state index is 11.2. The second-order valence-corrected chi connectivity index (χ2v) is 5.47. The molecule has 0 aliphatic carbocycles. The third kappa shape index (κ3) is 4.26. The van der Waals surface area contributed by atoms with Gasteiger partial charge in [-0.25, -0.2) is 4.79 Å². The molecule has 2 rings (SSSR count). The molecule has 0 aromatic heterocycles. The van der Waals surface area contributed by atoms with E-state index in [1.807, 2.05) is 6.92 Å². The fourth-order valence-electron chi connectivity index (χ4n) is 2.48. The van der Waals surface area contributed by atoms with Gasteiger partial charge in [-0.1, -0.05) is 12.1 Å². The largest absolute Gasteiger partial charge is 0.504 e. The Kier molecular flexibility index (Phi) is 5.95. The Morgan fingerprint density at radius 1 is 1.36 bits per heavy atom. The fraction of sp³-hybridized carbons (Fsp3) is 0.200. The smallest absolute Gasteiger partial charge is 0.336 e. The molecule has 0 spiro atoms. The molecule has 2 aromatic rings. The van der Waals surface area contributed by atoms with Crippen molar-refractivity contribution in [1.29, 1.82) is 0 Å². The lowest BCUT2D eigenvalue weighted by atomic mass is 10.1. The molecule has 5 heteroatoms. The van der Waals surface area contributed by atoms with E-state index in [9.17, 15) is 15.0 Å². The highest BCUT2D eigenvalue weighted by Gasteiger charge is 2.11. The Labute approximate surface area is 146 Å². The third-order valence-corrected chi connectivity index (χ3v) is 3.73. The normalized spacial score (nSPS) is 10.8. The number of carbonyl (C=O) groups is 1. The molecule has 0 bridgehead atoms. The third-order valence-electron chi connectivity index (χ3n) is 3.73. The zero-order chi connectivity index (χ0) is 18.4.